The summed E-state index contributed by atoms with van der Waals surface area (Å²) in [5.41, 5.74) is 1.74. The smallest absolute Gasteiger partial charge is 0.253 e. The first-order valence-electron chi connectivity index (χ1n) is 10.5. The largest absolute Gasteiger partial charge is 0.338 e. The van der Waals surface area contributed by atoms with Crippen LogP contribution in [0.15, 0.2) is 48.5 Å². The SMILES string of the molecule is Cc1nc(NC(=O)C2CCCN(C(=O)c3ccc(F)cc3)C2)sc1Cc1ccccc1F. The molecule has 4 rings (SSSR count). The Balaban J connectivity index is 1.40. The molecule has 166 valence electrons. The lowest BCUT2D eigenvalue weighted by molar-refractivity contribution is -0.121. The second-order valence-electron chi connectivity index (χ2n) is 7.88. The number of aryl methyl sites for hydroxylation is 1. The van der Waals surface area contributed by atoms with Gasteiger partial charge in [-0.2, -0.15) is 0 Å². The normalized spacial score (nSPS) is 16.1. The summed E-state index contributed by atoms with van der Waals surface area (Å²) in [5.74, 6) is -1.41. The topological polar surface area (TPSA) is 62.3 Å². The number of likely N-dealkylation sites (tertiary alicyclic amines) is 1. The summed E-state index contributed by atoms with van der Waals surface area (Å²) < 4.78 is 27.1. The number of rotatable bonds is 5. The fourth-order valence-corrected chi connectivity index (χ4v) is 4.81. The van der Waals surface area contributed by atoms with E-state index in [-0.39, 0.29) is 23.5 Å². The minimum absolute atomic E-state index is 0.187. The molecule has 1 unspecified atom stereocenters. The lowest BCUT2D eigenvalue weighted by Gasteiger charge is -2.32. The van der Waals surface area contributed by atoms with Crippen LogP contribution < -0.4 is 5.32 Å². The molecule has 1 fully saturated rings. The number of aromatic nitrogens is 1. The average molecular weight is 456 g/mol. The lowest BCUT2D eigenvalue weighted by Crippen LogP contribution is -2.43. The molecule has 0 bridgehead atoms. The Labute approximate surface area is 189 Å². The summed E-state index contributed by atoms with van der Waals surface area (Å²) in [6.45, 7) is 2.70. The van der Waals surface area contributed by atoms with Crippen molar-refractivity contribution in [1.82, 2.24) is 9.88 Å². The molecule has 2 amide bonds. The highest BCUT2D eigenvalue weighted by Crippen LogP contribution is 2.27. The fraction of sp³-hybridized carbons (Fsp3) is 0.292. The Morgan fingerprint density at radius 1 is 1.16 bits per heavy atom. The number of amides is 2. The molecule has 0 spiro atoms. The number of hydrogen-bond acceptors (Lipinski definition) is 4. The molecule has 2 heterocycles. The van der Waals surface area contributed by atoms with Gasteiger partial charge < -0.3 is 10.2 Å². The van der Waals surface area contributed by atoms with Crippen molar-refractivity contribution in [2.75, 3.05) is 18.4 Å². The maximum absolute atomic E-state index is 14.0. The van der Waals surface area contributed by atoms with Gasteiger partial charge in [0.1, 0.15) is 11.6 Å². The van der Waals surface area contributed by atoms with Crippen molar-refractivity contribution < 1.29 is 18.4 Å². The monoisotopic (exact) mass is 455 g/mol. The van der Waals surface area contributed by atoms with Gasteiger partial charge in [0.05, 0.1) is 11.6 Å². The molecule has 1 N–H and O–H groups in total. The van der Waals surface area contributed by atoms with E-state index >= 15 is 0 Å². The van der Waals surface area contributed by atoms with Crippen molar-refractivity contribution in [3.05, 3.63) is 81.9 Å². The Kier molecular flexibility index (Phi) is 6.60. The number of hydrogen-bond donors (Lipinski definition) is 1. The van der Waals surface area contributed by atoms with Crippen molar-refractivity contribution >= 4 is 28.3 Å². The molecule has 0 saturated carbocycles. The molecular formula is C24H23F2N3O2S. The minimum atomic E-state index is -0.398. The zero-order chi connectivity index (χ0) is 22.7. The van der Waals surface area contributed by atoms with Crippen molar-refractivity contribution in [2.24, 2.45) is 5.92 Å². The van der Waals surface area contributed by atoms with Gasteiger partial charge in [0, 0.05) is 30.0 Å². The Bertz CT molecular complexity index is 1130. The maximum atomic E-state index is 14.0. The second kappa shape index (κ2) is 9.56. The van der Waals surface area contributed by atoms with E-state index in [1.165, 1.54) is 41.7 Å². The van der Waals surface area contributed by atoms with Gasteiger partial charge >= 0.3 is 0 Å². The van der Waals surface area contributed by atoms with Gasteiger partial charge in [0.15, 0.2) is 5.13 Å². The van der Waals surface area contributed by atoms with Crippen molar-refractivity contribution in [3.8, 4) is 0 Å². The number of halogens is 2. The predicted molar refractivity (Wildman–Crippen MR) is 120 cm³/mol. The average Bonchev–Trinajstić information content (AvgIpc) is 3.14. The molecule has 3 aromatic rings. The van der Waals surface area contributed by atoms with Crippen LogP contribution in [-0.2, 0) is 11.2 Å². The Hall–Kier alpha value is -3.13. The van der Waals surface area contributed by atoms with Gasteiger partial charge in [-0.25, -0.2) is 13.8 Å². The number of nitrogens with zero attached hydrogens (tertiary/aromatic N) is 2. The quantitative estimate of drug-likeness (QED) is 0.601. The molecule has 2 aromatic carbocycles. The minimum Gasteiger partial charge on any atom is -0.338 e. The number of anilines is 1. The number of piperidine rings is 1. The zero-order valence-corrected chi connectivity index (χ0v) is 18.4. The van der Waals surface area contributed by atoms with Crippen LogP contribution in [0, 0.1) is 24.5 Å². The van der Waals surface area contributed by atoms with Crippen LogP contribution in [0.1, 0.15) is 39.3 Å². The third-order valence-corrected chi connectivity index (χ3v) is 6.68. The first-order valence-corrected chi connectivity index (χ1v) is 11.3. The molecule has 0 aliphatic carbocycles. The predicted octanol–water partition coefficient (Wildman–Crippen LogP) is 4.81. The summed E-state index contributed by atoms with van der Waals surface area (Å²) in [5, 5.41) is 3.34. The van der Waals surface area contributed by atoms with E-state index in [1.807, 2.05) is 6.92 Å². The van der Waals surface area contributed by atoms with E-state index in [9.17, 15) is 18.4 Å². The molecule has 1 saturated heterocycles. The van der Waals surface area contributed by atoms with Crippen LogP contribution in [0.2, 0.25) is 0 Å². The summed E-state index contributed by atoms with van der Waals surface area (Å²) >= 11 is 1.33. The summed E-state index contributed by atoms with van der Waals surface area (Å²) in [6, 6.07) is 12.0. The third-order valence-electron chi connectivity index (χ3n) is 5.60. The van der Waals surface area contributed by atoms with Gasteiger partial charge in [0.2, 0.25) is 5.91 Å². The molecule has 1 aliphatic rings. The van der Waals surface area contributed by atoms with E-state index < -0.39 is 5.82 Å². The molecule has 8 heteroatoms. The highest BCUT2D eigenvalue weighted by molar-refractivity contribution is 7.15. The number of carbonyl (C=O) groups excluding carboxylic acids is 2. The zero-order valence-electron chi connectivity index (χ0n) is 17.6. The van der Waals surface area contributed by atoms with Crippen LogP contribution >= 0.6 is 11.3 Å². The summed E-state index contributed by atoms with van der Waals surface area (Å²) in [6.07, 6.45) is 1.79. The summed E-state index contributed by atoms with van der Waals surface area (Å²) in [4.78, 5) is 32.5. The standard InChI is InChI=1S/C24H23F2N3O2S/c1-15-21(13-17-5-2-3-7-20(17)26)32-24(27-15)28-22(30)18-6-4-12-29(14-18)23(31)16-8-10-19(25)11-9-16/h2-3,5,7-11,18H,4,6,12-14H2,1H3,(H,27,28,30). The van der Waals surface area contributed by atoms with Gasteiger partial charge in [-0.15, -0.1) is 11.3 Å². The van der Waals surface area contributed by atoms with Crippen LogP contribution in [-0.4, -0.2) is 34.8 Å². The number of thiazole rings is 1. The van der Waals surface area contributed by atoms with Crippen LogP contribution in [0.25, 0.3) is 0 Å². The van der Waals surface area contributed by atoms with Crippen LogP contribution in [0.4, 0.5) is 13.9 Å². The van der Waals surface area contributed by atoms with Gasteiger partial charge in [-0.1, -0.05) is 18.2 Å². The lowest BCUT2D eigenvalue weighted by atomic mass is 9.96. The molecule has 1 atom stereocenters. The fourth-order valence-electron chi connectivity index (χ4n) is 3.82. The highest BCUT2D eigenvalue weighted by atomic mass is 32.1. The molecule has 32 heavy (non-hydrogen) atoms. The van der Waals surface area contributed by atoms with Crippen LogP contribution in [0.3, 0.4) is 0 Å². The molecule has 1 aliphatic heterocycles. The van der Waals surface area contributed by atoms with E-state index in [4.69, 9.17) is 0 Å². The van der Waals surface area contributed by atoms with Crippen molar-refractivity contribution in [2.45, 2.75) is 26.2 Å². The van der Waals surface area contributed by atoms with E-state index in [1.54, 1.807) is 23.1 Å². The van der Waals surface area contributed by atoms with E-state index in [0.717, 1.165) is 10.6 Å². The maximum Gasteiger partial charge on any atom is 0.253 e. The molecule has 1 aromatic heterocycles. The van der Waals surface area contributed by atoms with Gasteiger partial charge in [-0.3, -0.25) is 9.59 Å². The van der Waals surface area contributed by atoms with Crippen molar-refractivity contribution in [1.29, 1.82) is 0 Å². The van der Waals surface area contributed by atoms with Gasteiger partial charge in [0.25, 0.3) is 5.91 Å². The highest BCUT2D eigenvalue weighted by Gasteiger charge is 2.29. The third kappa shape index (κ3) is 5.02. The molecule has 5 nitrogen and oxygen atoms in total. The Morgan fingerprint density at radius 3 is 2.66 bits per heavy atom. The van der Waals surface area contributed by atoms with Crippen molar-refractivity contribution in [3.63, 3.8) is 0 Å². The number of benzene rings is 2. The Morgan fingerprint density at radius 2 is 1.91 bits per heavy atom. The number of carbonyl (C=O) groups is 2. The first kappa shape index (κ1) is 22.1. The second-order valence-corrected chi connectivity index (χ2v) is 8.97. The molecular weight excluding hydrogens is 432 g/mol. The van der Waals surface area contributed by atoms with E-state index in [2.05, 4.69) is 10.3 Å². The summed E-state index contributed by atoms with van der Waals surface area (Å²) in [7, 11) is 0. The molecule has 0 radical (unpaired) electrons. The van der Waals surface area contributed by atoms with Gasteiger partial charge in [-0.05, 0) is 55.7 Å². The van der Waals surface area contributed by atoms with Crippen LogP contribution in [0.5, 0.6) is 0 Å². The number of nitrogens with one attached hydrogen (secondary N) is 1. The first-order chi connectivity index (χ1) is 15.4. The van der Waals surface area contributed by atoms with E-state index in [0.29, 0.717) is 48.6 Å².